The van der Waals surface area contributed by atoms with Gasteiger partial charge in [0.1, 0.15) is 7.28 Å². The first kappa shape index (κ1) is 5.67. The molecule has 2 nitrogen and oxygen atoms in total. The van der Waals surface area contributed by atoms with Gasteiger partial charge in [0.25, 0.3) is 0 Å². The lowest BCUT2D eigenvalue weighted by atomic mass is 9.66. The van der Waals surface area contributed by atoms with E-state index < -0.39 is 0 Å². The summed E-state index contributed by atoms with van der Waals surface area (Å²) in [4.78, 5) is 10.6. The summed E-state index contributed by atoms with van der Waals surface area (Å²) in [5.74, 6) is 0.197. The molecule has 0 aromatic rings. The average molecular weight is 112 g/mol. The lowest BCUT2D eigenvalue weighted by Gasteiger charge is -1.93. The van der Waals surface area contributed by atoms with E-state index in [2.05, 4.69) is 0 Å². The lowest BCUT2D eigenvalue weighted by molar-refractivity contribution is -0.137. The topological polar surface area (TPSA) is 26.3 Å². The molecule has 0 N–H and O–H groups in total. The van der Waals surface area contributed by atoms with Crippen molar-refractivity contribution in [1.29, 1.82) is 0 Å². The zero-order valence-electron chi connectivity index (χ0n) is 5.02. The van der Waals surface area contributed by atoms with E-state index in [4.69, 9.17) is 4.74 Å². The average Bonchev–Trinajstić information content (AvgIpc) is 2.14. The first-order valence-corrected chi connectivity index (χ1v) is 3.01. The summed E-state index contributed by atoms with van der Waals surface area (Å²) < 4.78 is 4.72. The van der Waals surface area contributed by atoms with Crippen LogP contribution in [0.4, 0.5) is 0 Å². The highest BCUT2D eigenvalue weighted by Gasteiger charge is 2.24. The van der Waals surface area contributed by atoms with Gasteiger partial charge in [0.05, 0.1) is 6.61 Å². The Balaban J connectivity index is 2.42. The normalized spacial score (nSPS) is 27.6. The number of carbonyl (C=O) groups excluding carboxylic acids is 1. The third-order valence-corrected chi connectivity index (χ3v) is 1.54. The number of rotatable bonds is 1. The Kier molecular flexibility index (Phi) is 1.56. The number of hydrogen-bond donors (Lipinski definition) is 0. The number of esters is 1. The molecule has 0 bridgehead atoms. The van der Waals surface area contributed by atoms with Gasteiger partial charge in [-0.1, -0.05) is 6.82 Å². The van der Waals surface area contributed by atoms with Gasteiger partial charge in [0, 0.05) is 5.82 Å². The van der Waals surface area contributed by atoms with Crippen LogP contribution in [0, 0.1) is 0 Å². The molecular formula is C5H9BO2. The van der Waals surface area contributed by atoms with Crippen LogP contribution in [0.15, 0.2) is 0 Å². The van der Waals surface area contributed by atoms with Crippen LogP contribution in [-0.2, 0) is 9.53 Å². The number of ether oxygens (including phenoxy) is 1. The predicted octanol–water partition coefficient (Wildman–Crippen LogP) is 0.206. The summed E-state index contributed by atoms with van der Waals surface area (Å²) in [5, 5.41) is 0. The standard InChI is InChI=1S/C5H9BO2/c1-6-4-2-3-8-5(4)7/h4,6H,2-3H2,1H3. The van der Waals surface area contributed by atoms with Gasteiger partial charge in [0.2, 0.25) is 0 Å². The molecule has 1 aliphatic heterocycles. The Bertz CT molecular complexity index is 103. The SMILES string of the molecule is CBC1CCOC1=O. The molecule has 0 amide bonds. The Morgan fingerprint density at radius 3 is 2.88 bits per heavy atom. The highest BCUT2D eigenvalue weighted by atomic mass is 16.5. The minimum Gasteiger partial charge on any atom is -0.466 e. The van der Waals surface area contributed by atoms with E-state index in [0.29, 0.717) is 6.61 Å². The summed E-state index contributed by atoms with van der Waals surface area (Å²) in [6, 6.07) is 0. The Morgan fingerprint density at radius 2 is 2.62 bits per heavy atom. The summed E-state index contributed by atoms with van der Waals surface area (Å²) in [6.07, 6.45) is 0.926. The van der Waals surface area contributed by atoms with Crippen LogP contribution in [0.5, 0.6) is 0 Å². The molecule has 1 heterocycles. The van der Waals surface area contributed by atoms with Crippen LogP contribution in [0.25, 0.3) is 0 Å². The second kappa shape index (κ2) is 2.20. The first-order valence-electron chi connectivity index (χ1n) is 3.01. The highest BCUT2D eigenvalue weighted by Crippen LogP contribution is 2.18. The number of hydrogen-bond acceptors (Lipinski definition) is 2. The third-order valence-electron chi connectivity index (χ3n) is 1.54. The molecule has 0 saturated carbocycles. The number of carbonyl (C=O) groups is 1. The van der Waals surface area contributed by atoms with E-state index in [9.17, 15) is 4.79 Å². The van der Waals surface area contributed by atoms with Crippen molar-refractivity contribution in [3.8, 4) is 0 Å². The fourth-order valence-corrected chi connectivity index (χ4v) is 0.908. The molecule has 0 aromatic carbocycles. The van der Waals surface area contributed by atoms with E-state index in [1.165, 1.54) is 0 Å². The van der Waals surface area contributed by atoms with Crippen LogP contribution in [0.2, 0.25) is 12.6 Å². The minimum absolute atomic E-state index is 0.00694. The molecule has 0 radical (unpaired) electrons. The first-order chi connectivity index (χ1) is 3.84. The Hall–Kier alpha value is -0.465. The zero-order valence-corrected chi connectivity index (χ0v) is 5.02. The largest absolute Gasteiger partial charge is 0.466 e. The maximum absolute atomic E-state index is 10.6. The van der Waals surface area contributed by atoms with Crippen molar-refractivity contribution in [2.24, 2.45) is 0 Å². The molecule has 1 aliphatic rings. The van der Waals surface area contributed by atoms with Crippen molar-refractivity contribution < 1.29 is 9.53 Å². The van der Waals surface area contributed by atoms with Crippen molar-refractivity contribution in [2.75, 3.05) is 6.61 Å². The molecule has 1 atom stereocenters. The molecule has 0 aliphatic carbocycles. The molecule has 1 fully saturated rings. The van der Waals surface area contributed by atoms with Crippen molar-refractivity contribution in [3.05, 3.63) is 0 Å². The van der Waals surface area contributed by atoms with Gasteiger partial charge in [0.15, 0.2) is 0 Å². The molecule has 1 unspecified atom stereocenters. The summed E-state index contributed by atoms with van der Waals surface area (Å²) in [6.45, 7) is 2.65. The smallest absolute Gasteiger partial charge is 0.301 e. The van der Waals surface area contributed by atoms with Crippen LogP contribution in [-0.4, -0.2) is 19.9 Å². The van der Waals surface area contributed by atoms with Crippen LogP contribution >= 0.6 is 0 Å². The predicted molar refractivity (Wildman–Crippen MR) is 32.3 cm³/mol. The molecule has 0 spiro atoms. The van der Waals surface area contributed by atoms with Crippen molar-refractivity contribution >= 4 is 13.2 Å². The van der Waals surface area contributed by atoms with Crippen LogP contribution in [0.1, 0.15) is 6.42 Å². The molecule has 1 rings (SSSR count). The van der Waals surface area contributed by atoms with E-state index in [1.54, 1.807) is 0 Å². The Labute approximate surface area is 49.5 Å². The van der Waals surface area contributed by atoms with Gasteiger partial charge < -0.3 is 4.74 Å². The van der Waals surface area contributed by atoms with Crippen molar-refractivity contribution in [1.82, 2.24) is 0 Å². The minimum atomic E-state index is -0.00694. The van der Waals surface area contributed by atoms with E-state index in [0.717, 1.165) is 13.7 Å². The fraction of sp³-hybridized carbons (Fsp3) is 0.800. The quantitative estimate of drug-likeness (QED) is 0.358. The lowest BCUT2D eigenvalue weighted by Crippen LogP contribution is -2.05. The number of cyclic esters (lactones) is 1. The Morgan fingerprint density at radius 1 is 1.88 bits per heavy atom. The summed E-state index contributed by atoms with van der Waals surface area (Å²) >= 11 is 0. The van der Waals surface area contributed by atoms with Gasteiger partial charge in [-0.25, -0.2) is 0 Å². The molecule has 3 heteroatoms. The van der Waals surface area contributed by atoms with Crippen molar-refractivity contribution in [2.45, 2.75) is 19.1 Å². The van der Waals surface area contributed by atoms with E-state index in [-0.39, 0.29) is 11.8 Å². The zero-order chi connectivity index (χ0) is 5.98. The summed E-state index contributed by atoms with van der Waals surface area (Å²) in [7, 11) is 0.929. The molecule has 8 heavy (non-hydrogen) atoms. The monoisotopic (exact) mass is 112 g/mol. The molecular weight excluding hydrogens is 103 g/mol. The maximum atomic E-state index is 10.6. The molecule has 0 aromatic heterocycles. The van der Waals surface area contributed by atoms with Crippen molar-refractivity contribution in [3.63, 3.8) is 0 Å². The van der Waals surface area contributed by atoms with Gasteiger partial charge in [-0.3, -0.25) is 4.79 Å². The second-order valence-corrected chi connectivity index (χ2v) is 2.06. The maximum Gasteiger partial charge on any atom is 0.301 e. The highest BCUT2D eigenvalue weighted by molar-refractivity contribution is 6.42. The van der Waals surface area contributed by atoms with Gasteiger partial charge in [-0.15, -0.1) is 0 Å². The van der Waals surface area contributed by atoms with Gasteiger partial charge in [-0.05, 0) is 6.42 Å². The third kappa shape index (κ3) is 0.856. The van der Waals surface area contributed by atoms with E-state index in [1.807, 2.05) is 6.82 Å². The second-order valence-electron chi connectivity index (χ2n) is 2.06. The van der Waals surface area contributed by atoms with Crippen LogP contribution < -0.4 is 0 Å². The van der Waals surface area contributed by atoms with E-state index >= 15 is 0 Å². The van der Waals surface area contributed by atoms with Crippen LogP contribution in [0.3, 0.4) is 0 Å². The van der Waals surface area contributed by atoms with Gasteiger partial charge >= 0.3 is 5.97 Å². The molecule has 44 valence electrons. The molecule has 1 saturated heterocycles. The van der Waals surface area contributed by atoms with Gasteiger partial charge in [-0.2, -0.15) is 0 Å². The summed E-state index contributed by atoms with van der Waals surface area (Å²) in [5.41, 5.74) is 0. The fourth-order valence-electron chi connectivity index (χ4n) is 0.908.